The van der Waals surface area contributed by atoms with Crippen LogP contribution in [-0.4, -0.2) is 15.5 Å². The van der Waals surface area contributed by atoms with E-state index >= 15 is 0 Å². The molecule has 3 nitrogen and oxygen atoms in total. The third kappa shape index (κ3) is 2.75. The normalized spacial score (nSPS) is 16.4. The van der Waals surface area contributed by atoms with Crippen LogP contribution in [0.2, 0.25) is 0 Å². The van der Waals surface area contributed by atoms with E-state index in [0.29, 0.717) is 6.42 Å². The van der Waals surface area contributed by atoms with Crippen LogP contribution in [0.4, 0.5) is 0 Å². The first-order valence-electron chi connectivity index (χ1n) is 9.77. The number of carbonyl (C=O) groups excluding carboxylic acids is 1. The van der Waals surface area contributed by atoms with Gasteiger partial charge in [0.25, 0.3) is 0 Å². The fraction of sp³-hybridized carbons (Fsp3) is 0.200. The van der Waals surface area contributed by atoms with Gasteiger partial charge in [-0.05, 0) is 59.7 Å². The van der Waals surface area contributed by atoms with E-state index in [2.05, 4.69) is 74.5 Å². The monoisotopic (exact) mass is 366 g/mol. The predicted octanol–water partition coefficient (Wildman–Crippen LogP) is 5.69. The van der Waals surface area contributed by atoms with Gasteiger partial charge in [0.1, 0.15) is 5.82 Å². The molecule has 138 valence electrons. The molecule has 1 unspecified atom stereocenters. The van der Waals surface area contributed by atoms with Crippen molar-refractivity contribution in [3.8, 4) is 11.1 Å². The Morgan fingerprint density at radius 2 is 1.54 bits per heavy atom. The summed E-state index contributed by atoms with van der Waals surface area (Å²) >= 11 is 0. The van der Waals surface area contributed by atoms with Crippen molar-refractivity contribution in [3.63, 3.8) is 0 Å². The van der Waals surface area contributed by atoms with Gasteiger partial charge in [0, 0.05) is 12.8 Å². The van der Waals surface area contributed by atoms with Crippen LogP contribution in [0.25, 0.3) is 22.2 Å². The fourth-order valence-electron chi connectivity index (χ4n) is 4.21. The maximum Gasteiger partial charge on any atom is 0.233 e. The van der Waals surface area contributed by atoms with Gasteiger partial charge in [-0.15, -0.1) is 0 Å². The summed E-state index contributed by atoms with van der Waals surface area (Å²) in [6, 6.07) is 23.2. The quantitative estimate of drug-likeness (QED) is 0.457. The van der Waals surface area contributed by atoms with E-state index in [0.717, 1.165) is 23.3 Å². The van der Waals surface area contributed by atoms with Gasteiger partial charge in [-0.3, -0.25) is 9.36 Å². The Morgan fingerprint density at radius 1 is 0.857 bits per heavy atom. The zero-order chi connectivity index (χ0) is 19.3. The summed E-state index contributed by atoms with van der Waals surface area (Å²) in [5.74, 6) is 1.21. The molecule has 2 heterocycles. The number of carbonyl (C=O) groups is 1. The van der Waals surface area contributed by atoms with Crippen molar-refractivity contribution in [1.29, 1.82) is 0 Å². The van der Waals surface area contributed by atoms with Gasteiger partial charge in [0.2, 0.25) is 5.91 Å². The Morgan fingerprint density at radius 3 is 2.29 bits per heavy atom. The molecule has 0 aliphatic carbocycles. The van der Waals surface area contributed by atoms with Crippen molar-refractivity contribution in [2.75, 3.05) is 0 Å². The van der Waals surface area contributed by atoms with Crippen LogP contribution in [0.15, 0.2) is 66.7 Å². The molecular formula is C25H22N2O. The lowest BCUT2D eigenvalue weighted by molar-refractivity contribution is 0.0877. The Balaban J connectivity index is 1.48. The first kappa shape index (κ1) is 16.9. The van der Waals surface area contributed by atoms with Gasteiger partial charge in [-0.25, -0.2) is 4.98 Å². The summed E-state index contributed by atoms with van der Waals surface area (Å²) in [6.45, 7) is 4.17. The van der Waals surface area contributed by atoms with E-state index in [-0.39, 0.29) is 11.8 Å². The number of aromatic nitrogens is 2. The predicted molar refractivity (Wildman–Crippen MR) is 113 cm³/mol. The topological polar surface area (TPSA) is 34.9 Å². The number of benzene rings is 3. The largest absolute Gasteiger partial charge is 0.274 e. The zero-order valence-corrected chi connectivity index (χ0v) is 16.1. The highest BCUT2D eigenvalue weighted by Crippen LogP contribution is 2.33. The number of aryl methyl sites for hydroxylation is 2. The number of rotatable bonds is 2. The molecule has 4 aromatic rings. The molecule has 0 saturated heterocycles. The Labute approximate surface area is 164 Å². The summed E-state index contributed by atoms with van der Waals surface area (Å²) in [4.78, 5) is 17.7. The van der Waals surface area contributed by atoms with E-state index < -0.39 is 0 Å². The molecule has 0 N–H and O–H groups in total. The van der Waals surface area contributed by atoms with Crippen molar-refractivity contribution >= 4 is 16.9 Å². The summed E-state index contributed by atoms with van der Waals surface area (Å²) in [7, 11) is 0. The molecule has 0 fully saturated rings. The van der Waals surface area contributed by atoms with Gasteiger partial charge < -0.3 is 0 Å². The van der Waals surface area contributed by atoms with Gasteiger partial charge in [-0.2, -0.15) is 0 Å². The summed E-state index contributed by atoms with van der Waals surface area (Å²) in [6.07, 6.45) is 1.32. The highest BCUT2D eigenvalue weighted by atomic mass is 16.2. The van der Waals surface area contributed by atoms with Crippen LogP contribution in [0.3, 0.4) is 0 Å². The molecule has 5 rings (SSSR count). The number of hydrogen-bond donors (Lipinski definition) is 0. The average molecular weight is 366 g/mol. The van der Waals surface area contributed by atoms with Crippen LogP contribution >= 0.6 is 0 Å². The highest BCUT2D eigenvalue weighted by molar-refractivity contribution is 5.93. The van der Waals surface area contributed by atoms with E-state index in [9.17, 15) is 4.79 Å². The Bertz CT molecular complexity index is 1190. The zero-order valence-electron chi connectivity index (χ0n) is 16.1. The van der Waals surface area contributed by atoms with Crippen LogP contribution in [0.5, 0.6) is 0 Å². The van der Waals surface area contributed by atoms with Crippen LogP contribution < -0.4 is 0 Å². The summed E-state index contributed by atoms with van der Waals surface area (Å²) in [5, 5.41) is 0. The van der Waals surface area contributed by atoms with Gasteiger partial charge in [-0.1, -0.05) is 54.6 Å². The highest BCUT2D eigenvalue weighted by Gasteiger charge is 2.29. The minimum atomic E-state index is 0.143. The molecule has 3 aromatic carbocycles. The molecule has 0 amide bonds. The van der Waals surface area contributed by atoms with Crippen molar-refractivity contribution in [3.05, 3.63) is 89.2 Å². The lowest BCUT2D eigenvalue weighted by Crippen LogP contribution is -2.25. The minimum Gasteiger partial charge on any atom is -0.274 e. The maximum atomic E-state index is 13.0. The lowest BCUT2D eigenvalue weighted by Gasteiger charge is -2.23. The molecule has 0 spiro atoms. The number of nitrogens with zero attached hydrogens (tertiary/aromatic N) is 2. The molecular weight excluding hydrogens is 344 g/mol. The summed E-state index contributed by atoms with van der Waals surface area (Å²) in [5.41, 5.74) is 7.89. The number of fused-ring (bicyclic) bond motifs is 3. The molecule has 1 aliphatic rings. The van der Waals surface area contributed by atoms with Crippen LogP contribution in [0, 0.1) is 13.8 Å². The van der Waals surface area contributed by atoms with Crippen LogP contribution in [-0.2, 0) is 6.42 Å². The molecule has 1 aliphatic heterocycles. The third-order valence-corrected chi connectivity index (χ3v) is 5.93. The molecule has 0 saturated carbocycles. The van der Waals surface area contributed by atoms with Gasteiger partial charge >= 0.3 is 0 Å². The lowest BCUT2D eigenvalue weighted by atomic mass is 9.88. The van der Waals surface area contributed by atoms with Crippen molar-refractivity contribution in [2.24, 2.45) is 0 Å². The third-order valence-electron chi connectivity index (χ3n) is 5.93. The van der Waals surface area contributed by atoms with E-state index in [1.807, 2.05) is 10.6 Å². The molecule has 3 heteroatoms. The Hall–Kier alpha value is -3.20. The smallest absolute Gasteiger partial charge is 0.233 e. The van der Waals surface area contributed by atoms with Crippen LogP contribution in [0.1, 0.15) is 39.6 Å². The van der Waals surface area contributed by atoms with E-state index in [4.69, 9.17) is 4.98 Å². The Kier molecular flexibility index (Phi) is 3.90. The van der Waals surface area contributed by atoms with Crippen molar-refractivity contribution < 1.29 is 4.79 Å². The minimum absolute atomic E-state index is 0.143. The number of hydrogen-bond acceptors (Lipinski definition) is 2. The number of imidazole rings is 1. The van der Waals surface area contributed by atoms with Crippen molar-refractivity contribution in [1.82, 2.24) is 9.55 Å². The molecule has 1 atom stereocenters. The maximum absolute atomic E-state index is 13.0. The van der Waals surface area contributed by atoms with Crippen molar-refractivity contribution in [2.45, 2.75) is 32.6 Å². The molecule has 1 aromatic heterocycles. The molecule has 28 heavy (non-hydrogen) atoms. The average Bonchev–Trinajstić information content (AvgIpc) is 3.06. The fourth-order valence-corrected chi connectivity index (χ4v) is 4.21. The molecule has 0 bridgehead atoms. The first-order chi connectivity index (χ1) is 13.6. The van der Waals surface area contributed by atoms with Gasteiger partial charge in [0.05, 0.1) is 11.0 Å². The second-order valence-electron chi connectivity index (χ2n) is 7.78. The van der Waals surface area contributed by atoms with Gasteiger partial charge in [0.15, 0.2) is 0 Å². The summed E-state index contributed by atoms with van der Waals surface area (Å²) < 4.78 is 1.83. The SMILES string of the molecule is Cc1cc2nc3n(c2cc1C)C(=O)CC(c1ccc(-c2ccccc2)cc1)C3. The first-order valence-corrected chi connectivity index (χ1v) is 9.77. The molecule has 0 radical (unpaired) electrons. The second-order valence-corrected chi connectivity index (χ2v) is 7.78. The van der Waals surface area contributed by atoms with E-state index in [1.54, 1.807) is 0 Å². The standard InChI is InChI=1S/C25H22N2O/c1-16-12-22-23(13-17(16)2)27-24(26-22)14-21(15-25(27)28)20-10-8-19(9-11-20)18-6-4-3-5-7-18/h3-13,21H,14-15H2,1-2H3. The second kappa shape index (κ2) is 6.45. The van der Waals surface area contributed by atoms with E-state index in [1.165, 1.54) is 27.8 Å².